The lowest BCUT2D eigenvalue weighted by molar-refractivity contribution is 0.849. The van der Waals surface area contributed by atoms with Crippen molar-refractivity contribution in [1.29, 1.82) is 0 Å². The smallest absolute Gasteiger partial charge is 0.0701 e. The molecule has 1 unspecified atom stereocenters. The maximum absolute atomic E-state index is 6.24. The van der Waals surface area contributed by atoms with Crippen LogP contribution >= 0.6 is 27.3 Å². The van der Waals surface area contributed by atoms with Gasteiger partial charge in [-0.15, -0.1) is 11.3 Å². The molecule has 0 amide bonds. The van der Waals surface area contributed by atoms with E-state index in [0.29, 0.717) is 5.92 Å². The second kappa shape index (κ2) is 5.34. The zero-order valence-electron chi connectivity index (χ0n) is 9.98. The van der Waals surface area contributed by atoms with Crippen LogP contribution in [0.1, 0.15) is 42.5 Å². The molecule has 1 heterocycles. The van der Waals surface area contributed by atoms with Crippen LogP contribution in [0.15, 0.2) is 39.5 Å². The van der Waals surface area contributed by atoms with Crippen molar-refractivity contribution in [3.05, 3.63) is 56.2 Å². The Morgan fingerprint density at radius 1 is 1.06 bits per heavy atom. The van der Waals surface area contributed by atoms with Crippen LogP contribution in [0.5, 0.6) is 0 Å². The van der Waals surface area contributed by atoms with Crippen LogP contribution in [-0.2, 0) is 0 Å². The van der Waals surface area contributed by atoms with E-state index < -0.39 is 0 Å². The summed E-state index contributed by atoms with van der Waals surface area (Å²) in [7, 11) is 0. The summed E-state index contributed by atoms with van der Waals surface area (Å²) in [5.74, 6) is 0.565. The number of nitrogens with two attached hydrogens (primary N) is 1. The predicted octanol–water partition coefficient (Wildman–Crippen LogP) is 4.68. The number of rotatable bonds is 3. The van der Waals surface area contributed by atoms with Crippen molar-refractivity contribution in [3.8, 4) is 0 Å². The van der Waals surface area contributed by atoms with Gasteiger partial charge in [-0.3, -0.25) is 0 Å². The molecule has 0 aliphatic heterocycles. The Hall–Kier alpha value is -0.640. The number of halogens is 1. The standard InChI is InChI=1S/C14H16BrNS/c1-9(2)10-3-5-11(6-4-10)14(16)12-7-13(15)17-8-12/h3-9,14H,16H2,1-2H3. The summed E-state index contributed by atoms with van der Waals surface area (Å²) in [5, 5.41) is 2.10. The first kappa shape index (κ1) is 12.8. The summed E-state index contributed by atoms with van der Waals surface area (Å²) < 4.78 is 1.13. The fraction of sp³-hybridized carbons (Fsp3) is 0.286. The molecule has 1 aromatic carbocycles. The fourth-order valence-corrected chi connectivity index (χ4v) is 2.98. The summed E-state index contributed by atoms with van der Waals surface area (Å²) in [5.41, 5.74) is 9.93. The van der Waals surface area contributed by atoms with Crippen molar-refractivity contribution in [3.63, 3.8) is 0 Å². The van der Waals surface area contributed by atoms with Gasteiger partial charge in [0.2, 0.25) is 0 Å². The Morgan fingerprint density at radius 2 is 1.65 bits per heavy atom. The van der Waals surface area contributed by atoms with Crippen LogP contribution < -0.4 is 5.73 Å². The molecule has 0 fully saturated rings. The van der Waals surface area contributed by atoms with E-state index in [1.165, 1.54) is 16.7 Å². The average molecular weight is 310 g/mol. The van der Waals surface area contributed by atoms with E-state index in [-0.39, 0.29) is 6.04 Å². The molecular weight excluding hydrogens is 294 g/mol. The van der Waals surface area contributed by atoms with Gasteiger partial charge in [-0.25, -0.2) is 0 Å². The van der Waals surface area contributed by atoms with Crippen LogP contribution in [-0.4, -0.2) is 0 Å². The molecule has 17 heavy (non-hydrogen) atoms. The summed E-state index contributed by atoms with van der Waals surface area (Å²) >= 11 is 5.14. The molecule has 3 heteroatoms. The number of thiophene rings is 1. The SMILES string of the molecule is CC(C)c1ccc(C(N)c2csc(Br)c2)cc1. The van der Waals surface area contributed by atoms with Gasteiger partial charge in [-0.2, -0.15) is 0 Å². The molecule has 0 radical (unpaired) electrons. The van der Waals surface area contributed by atoms with Gasteiger partial charge in [-0.05, 0) is 50.0 Å². The molecule has 2 aromatic rings. The molecule has 2 rings (SSSR count). The van der Waals surface area contributed by atoms with Gasteiger partial charge >= 0.3 is 0 Å². The summed E-state index contributed by atoms with van der Waals surface area (Å²) in [6.07, 6.45) is 0. The van der Waals surface area contributed by atoms with Crippen molar-refractivity contribution in [1.82, 2.24) is 0 Å². The lowest BCUT2D eigenvalue weighted by Crippen LogP contribution is -2.10. The number of benzene rings is 1. The van der Waals surface area contributed by atoms with Crippen molar-refractivity contribution < 1.29 is 0 Å². The highest BCUT2D eigenvalue weighted by Gasteiger charge is 2.10. The minimum atomic E-state index is -0.0289. The molecule has 1 aromatic heterocycles. The minimum Gasteiger partial charge on any atom is -0.320 e. The van der Waals surface area contributed by atoms with E-state index in [1.54, 1.807) is 11.3 Å². The van der Waals surface area contributed by atoms with Gasteiger partial charge in [-0.1, -0.05) is 38.1 Å². The summed E-state index contributed by atoms with van der Waals surface area (Å²) in [6, 6.07) is 10.7. The molecule has 0 aliphatic carbocycles. The molecule has 0 saturated carbocycles. The topological polar surface area (TPSA) is 26.0 Å². The minimum absolute atomic E-state index is 0.0289. The highest BCUT2D eigenvalue weighted by atomic mass is 79.9. The molecule has 0 spiro atoms. The summed E-state index contributed by atoms with van der Waals surface area (Å²) in [4.78, 5) is 0. The highest BCUT2D eigenvalue weighted by molar-refractivity contribution is 9.11. The first-order valence-electron chi connectivity index (χ1n) is 5.67. The van der Waals surface area contributed by atoms with Crippen LogP contribution in [0.25, 0.3) is 0 Å². The quantitative estimate of drug-likeness (QED) is 0.875. The molecule has 2 N–H and O–H groups in total. The molecular formula is C14H16BrNS. The maximum atomic E-state index is 6.24. The van der Waals surface area contributed by atoms with Crippen LogP contribution in [0.3, 0.4) is 0 Å². The Labute approximate surface area is 115 Å². The lowest BCUT2D eigenvalue weighted by atomic mass is 9.97. The van der Waals surface area contributed by atoms with Crippen LogP contribution in [0.4, 0.5) is 0 Å². The maximum Gasteiger partial charge on any atom is 0.0701 e. The Bertz CT molecular complexity index is 487. The van der Waals surface area contributed by atoms with E-state index in [9.17, 15) is 0 Å². The normalized spacial score (nSPS) is 13.0. The first-order chi connectivity index (χ1) is 8.08. The second-order valence-electron chi connectivity index (χ2n) is 4.48. The third-order valence-electron chi connectivity index (χ3n) is 2.91. The van der Waals surface area contributed by atoms with Gasteiger partial charge < -0.3 is 5.73 Å². The predicted molar refractivity (Wildman–Crippen MR) is 78.6 cm³/mol. The third kappa shape index (κ3) is 2.97. The van der Waals surface area contributed by atoms with Gasteiger partial charge in [0, 0.05) is 0 Å². The first-order valence-corrected chi connectivity index (χ1v) is 7.34. The molecule has 0 bridgehead atoms. The lowest BCUT2D eigenvalue weighted by Gasteiger charge is -2.12. The van der Waals surface area contributed by atoms with E-state index >= 15 is 0 Å². The van der Waals surface area contributed by atoms with Gasteiger partial charge in [0.15, 0.2) is 0 Å². The molecule has 90 valence electrons. The second-order valence-corrected chi connectivity index (χ2v) is 6.77. The zero-order chi connectivity index (χ0) is 12.4. The average Bonchev–Trinajstić information content (AvgIpc) is 2.75. The molecule has 1 atom stereocenters. The Kier molecular flexibility index (Phi) is 4.02. The van der Waals surface area contributed by atoms with E-state index in [4.69, 9.17) is 5.73 Å². The highest BCUT2D eigenvalue weighted by Crippen LogP contribution is 2.28. The van der Waals surface area contributed by atoms with Gasteiger partial charge in [0.05, 0.1) is 9.83 Å². The van der Waals surface area contributed by atoms with Crippen molar-refractivity contribution in [2.75, 3.05) is 0 Å². The molecule has 1 nitrogen and oxygen atoms in total. The fourth-order valence-electron chi connectivity index (χ4n) is 1.77. The van der Waals surface area contributed by atoms with E-state index in [2.05, 4.69) is 65.5 Å². The van der Waals surface area contributed by atoms with Crippen LogP contribution in [0.2, 0.25) is 0 Å². The monoisotopic (exact) mass is 309 g/mol. The zero-order valence-corrected chi connectivity index (χ0v) is 12.4. The third-order valence-corrected chi connectivity index (χ3v) is 4.43. The van der Waals surface area contributed by atoms with Crippen LogP contribution in [0, 0.1) is 0 Å². The Balaban J connectivity index is 2.22. The largest absolute Gasteiger partial charge is 0.320 e. The van der Waals surface area contributed by atoms with Gasteiger partial charge in [0.1, 0.15) is 0 Å². The van der Waals surface area contributed by atoms with Crippen molar-refractivity contribution >= 4 is 27.3 Å². The van der Waals surface area contributed by atoms with Gasteiger partial charge in [0.25, 0.3) is 0 Å². The van der Waals surface area contributed by atoms with E-state index in [1.807, 2.05) is 0 Å². The number of hydrogen-bond donors (Lipinski definition) is 1. The molecule has 0 aliphatic rings. The Morgan fingerprint density at radius 3 is 2.12 bits per heavy atom. The van der Waals surface area contributed by atoms with E-state index in [0.717, 1.165) is 3.79 Å². The van der Waals surface area contributed by atoms with Crippen molar-refractivity contribution in [2.45, 2.75) is 25.8 Å². The van der Waals surface area contributed by atoms with Crippen molar-refractivity contribution in [2.24, 2.45) is 5.73 Å². The summed E-state index contributed by atoms with van der Waals surface area (Å²) in [6.45, 7) is 4.40. The molecule has 0 saturated heterocycles. The number of hydrogen-bond acceptors (Lipinski definition) is 2.